The first-order chi connectivity index (χ1) is 9.21. The summed E-state index contributed by atoms with van der Waals surface area (Å²) in [6, 6.07) is 8.73. The maximum atomic E-state index is 5.66. The van der Waals surface area contributed by atoms with Gasteiger partial charge in [-0.25, -0.2) is 0 Å². The minimum Gasteiger partial charge on any atom is -0.496 e. The molecule has 0 N–H and O–H groups in total. The Morgan fingerprint density at radius 3 is 2.11 bits per heavy atom. The van der Waals surface area contributed by atoms with Crippen LogP contribution in [0.15, 0.2) is 30.3 Å². The largest absolute Gasteiger partial charge is 0.496 e. The molecule has 0 aliphatic carbocycles. The maximum absolute atomic E-state index is 5.66. The fourth-order valence-corrected chi connectivity index (χ4v) is 1.54. The third-order valence-corrected chi connectivity index (χ3v) is 2.60. The first kappa shape index (κ1) is 13.4. The molecule has 1 heterocycles. The van der Waals surface area contributed by atoms with Gasteiger partial charge >= 0.3 is 0 Å². The molecule has 0 fully saturated rings. The molecule has 0 aliphatic heterocycles. The van der Waals surface area contributed by atoms with E-state index in [0.717, 1.165) is 0 Å². The van der Waals surface area contributed by atoms with Crippen LogP contribution in [0.3, 0.4) is 0 Å². The van der Waals surface area contributed by atoms with Gasteiger partial charge in [-0.1, -0.05) is 11.6 Å². The van der Waals surface area contributed by atoms with Gasteiger partial charge in [-0.05, 0) is 12.1 Å². The van der Waals surface area contributed by atoms with Gasteiger partial charge in [0.1, 0.15) is 29.5 Å². The van der Waals surface area contributed by atoms with Gasteiger partial charge in [0.2, 0.25) is 0 Å². The Labute approximate surface area is 116 Å². The van der Waals surface area contributed by atoms with Crippen molar-refractivity contribution in [1.29, 1.82) is 0 Å². The van der Waals surface area contributed by atoms with Crippen LogP contribution in [-0.4, -0.2) is 24.4 Å². The van der Waals surface area contributed by atoms with Gasteiger partial charge in [0.25, 0.3) is 0 Å². The smallest absolute Gasteiger partial charge is 0.151 e. The van der Waals surface area contributed by atoms with Crippen LogP contribution in [-0.2, 0) is 6.61 Å². The summed E-state index contributed by atoms with van der Waals surface area (Å²) in [4.78, 5) is 0. The highest BCUT2D eigenvalue weighted by Crippen LogP contribution is 2.27. The van der Waals surface area contributed by atoms with Crippen LogP contribution in [0.25, 0.3) is 0 Å². The van der Waals surface area contributed by atoms with E-state index in [2.05, 4.69) is 10.2 Å². The Bertz CT molecular complexity index is 524. The highest BCUT2D eigenvalue weighted by atomic mass is 35.5. The molecule has 0 radical (unpaired) electrons. The van der Waals surface area contributed by atoms with Crippen molar-refractivity contribution in [1.82, 2.24) is 10.2 Å². The van der Waals surface area contributed by atoms with Gasteiger partial charge < -0.3 is 14.2 Å². The summed E-state index contributed by atoms with van der Waals surface area (Å²) in [5.74, 6) is 1.96. The van der Waals surface area contributed by atoms with Crippen LogP contribution in [0.4, 0.5) is 0 Å². The molecule has 0 saturated heterocycles. The van der Waals surface area contributed by atoms with E-state index in [-0.39, 0.29) is 0 Å². The molecule has 1 aromatic heterocycles. The van der Waals surface area contributed by atoms with E-state index >= 15 is 0 Å². The maximum Gasteiger partial charge on any atom is 0.151 e. The predicted octanol–water partition coefficient (Wildman–Crippen LogP) is 2.73. The van der Waals surface area contributed by atoms with Crippen molar-refractivity contribution in [3.63, 3.8) is 0 Å². The zero-order valence-corrected chi connectivity index (χ0v) is 11.3. The monoisotopic (exact) mass is 280 g/mol. The van der Waals surface area contributed by atoms with Gasteiger partial charge in [0, 0.05) is 18.2 Å². The van der Waals surface area contributed by atoms with Crippen molar-refractivity contribution in [3.8, 4) is 17.2 Å². The molecule has 19 heavy (non-hydrogen) atoms. The SMILES string of the molecule is COc1cc(OC)cc(OCc2ccc(Cl)nn2)c1. The Balaban J connectivity index is 2.08. The molecule has 0 unspecified atom stereocenters. The van der Waals surface area contributed by atoms with E-state index in [1.807, 2.05) is 0 Å². The van der Waals surface area contributed by atoms with E-state index in [9.17, 15) is 0 Å². The fourth-order valence-electron chi connectivity index (χ4n) is 1.44. The normalized spacial score (nSPS) is 10.1. The third-order valence-electron chi connectivity index (χ3n) is 2.40. The third kappa shape index (κ3) is 3.72. The molecule has 0 atom stereocenters. The standard InChI is InChI=1S/C13H13ClN2O3/c1-17-10-5-11(18-2)7-12(6-10)19-8-9-3-4-13(14)16-15-9/h3-7H,8H2,1-2H3. The van der Waals surface area contributed by atoms with E-state index in [1.165, 1.54) is 0 Å². The van der Waals surface area contributed by atoms with Crippen molar-refractivity contribution in [2.45, 2.75) is 6.61 Å². The second-order valence-electron chi connectivity index (χ2n) is 3.68. The summed E-state index contributed by atoms with van der Waals surface area (Å²) < 4.78 is 15.9. The van der Waals surface area contributed by atoms with Crippen molar-refractivity contribution in [2.24, 2.45) is 0 Å². The first-order valence-electron chi connectivity index (χ1n) is 5.55. The molecule has 2 rings (SSSR count). The number of ether oxygens (including phenoxy) is 3. The minimum absolute atomic E-state index is 0.292. The topological polar surface area (TPSA) is 53.5 Å². The summed E-state index contributed by atoms with van der Waals surface area (Å²) in [7, 11) is 3.17. The Hall–Kier alpha value is -2.01. The van der Waals surface area contributed by atoms with Gasteiger partial charge in [-0.15, -0.1) is 5.10 Å². The second kappa shape index (κ2) is 6.24. The Morgan fingerprint density at radius 2 is 1.58 bits per heavy atom. The van der Waals surface area contributed by atoms with Crippen LogP contribution < -0.4 is 14.2 Å². The van der Waals surface area contributed by atoms with E-state index in [4.69, 9.17) is 25.8 Å². The molecular weight excluding hydrogens is 268 g/mol. The van der Waals surface area contributed by atoms with Gasteiger partial charge in [-0.2, -0.15) is 5.10 Å². The van der Waals surface area contributed by atoms with E-state index in [0.29, 0.717) is 34.7 Å². The lowest BCUT2D eigenvalue weighted by molar-refractivity contribution is 0.294. The number of aromatic nitrogens is 2. The zero-order chi connectivity index (χ0) is 13.7. The summed E-state index contributed by atoms with van der Waals surface area (Å²) in [6.45, 7) is 0.292. The highest BCUT2D eigenvalue weighted by molar-refractivity contribution is 6.29. The molecule has 0 amide bonds. The van der Waals surface area contributed by atoms with Crippen LogP contribution in [0.5, 0.6) is 17.2 Å². The minimum atomic E-state index is 0.292. The van der Waals surface area contributed by atoms with Crippen LogP contribution in [0.1, 0.15) is 5.69 Å². The summed E-state index contributed by atoms with van der Waals surface area (Å²) >= 11 is 5.66. The average molecular weight is 281 g/mol. The lowest BCUT2D eigenvalue weighted by atomic mass is 10.3. The lowest BCUT2D eigenvalue weighted by Crippen LogP contribution is -2.00. The number of nitrogens with zero attached hydrogens (tertiary/aromatic N) is 2. The number of rotatable bonds is 5. The van der Waals surface area contributed by atoms with Crippen molar-refractivity contribution < 1.29 is 14.2 Å². The molecule has 0 aliphatic rings. The Kier molecular flexibility index (Phi) is 4.41. The number of hydrogen-bond donors (Lipinski definition) is 0. The zero-order valence-electron chi connectivity index (χ0n) is 10.6. The first-order valence-corrected chi connectivity index (χ1v) is 5.93. The molecule has 6 heteroatoms. The average Bonchev–Trinajstić information content (AvgIpc) is 2.46. The van der Waals surface area contributed by atoms with E-state index < -0.39 is 0 Å². The molecule has 0 saturated carbocycles. The van der Waals surface area contributed by atoms with Crippen molar-refractivity contribution in [3.05, 3.63) is 41.2 Å². The molecule has 2 aromatic rings. The van der Waals surface area contributed by atoms with Gasteiger partial charge in [0.15, 0.2) is 5.15 Å². The molecule has 100 valence electrons. The number of methoxy groups -OCH3 is 2. The van der Waals surface area contributed by atoms with E-state index in [1.54, 1.807) is 44.6 Å². The Morgan fingerprint density at radius 1 is 0.947 bits per heavy atom. The van der Waals surface area contributed by atoms with Gasteiger partial charge in [0.05, 0.1) is 14.2 Å². The van der Waals surface area contributed by atoms with Crippen LogP contribution in [0, 0.1) is 0 Å². The molecular formula is C13H13ClN2O3. The molecule has 0 spiro atoms. The number of hydrogen-bond acceptors (Lipinski definition) is 5. The summed E-state index contributed by atoms with van der Waals surface area (Å²) in [6.07, 6.45) is 0. The summed E-state index contributed by atoms with van der Waals surface area (Å²) in [5, 5.41) is 8.01. The van der Waals surface area contributed by atoms with Crippen molar-refractivity contribution >= 4 is 11.6 Å². The molecule has 1 aromatic carbocycles. The van der Waals surface area contributed by atoms with Crippen LogP contribution >= 0.6 is 11.6 Å². The van der Waals surface area contributed by atoms with Crippen LogP contribution in [0.2, 0.25) is 5.15 Å². The predicted molar refractivity (Wildman–Crippen MR) is 70.9 cm³/mol. The second-order valence-corrected chi connectivity index (χ2v) is 4.07. The number of benzene rings is 1. The number of halogens is 1. The molecule has 0 bridgehead atoms. The van der Waals surface area contributed by atoms with Crippen molar-refractivity contribution in [2.75, 3.05) is 14.2 Å². The quantitative estimate of drug-likeness (QED) is 0.843. The van der Waals surface area contributed by atoms with Gasteiger partial charge in [-0.3, -0.25) is 0 Å². The lowest BCUT2D eigenvalue weighted by Gasteiger charge is -2.09. The summed E-state index contributed by atoms with van der Waals surface area (Å²) in [5.41, 5.74) is 0.686. The molecule has 5 nitrogen and oxygen atoms in total. The highest BCUT2D eigenvalue weighted by Gasteiger charge is 2.04. The fraction of sp³-hybridized carbons (Fsp3) is 0.231.